The number of Topliss-reactive ketones (excluding diaryl/α,β-unsaturated/α-hetero) is 1. The Balaban J connectivity index is 1.89. The van der Waals surface area contributed by atoms with Gasteiger partial charge in [0.05, 0.1) is 18.7 Å². The summed E-state index contributed by atoms with van der Waals surface area (Å²) in [7, 11) is 1.58. The second-order valence-corrected chi connectivity index (χ2v) is 8.49. The van der Waals surface area contributed by atoms with Crippen LogP contribution in [0.2, 0.25) is 0 Å². The van der Waals surface area contributed by atoms with Gasteiger partial charge in [-0.25, -0.2) is 0 Å². The second-order valence-electron chi connectivity index (χ2n) is 8.49. The first-order chi connectivity index (χ1) is 16.3. The summed E-state index contributed by atoms with van der Waals surface area (Å²) >= 11 is 0. The first-order valence-corrected chi connectivity index (χ1v) is 11.0. The number of nitrogens with zero attached hydrogens (tertiary/aromatic N) is 2. The molecule has 0 bridgehead atoms. The molecule has 7 heteroatoms. The van der Waals surface area contributed by atoms with Crippen LogP contribution in [0, 0.1) is 0 Å². The van der Waals surface area contributed by atoms with Gasteiger partial charge in [0.1, 0.15) is 17.3 Å². The monoisotopic (exact) mass is 458 g/mol. The van der Waals surface area contributed by atoms with Crippen LogP contribution in [0.15, 0.2) is 72.6 Å². The van der Waals surface area contributed by atoms with Crippen LogP contribution in [0.1, 0.15) is 48.1 Å². The summed E-state index contributed by atoms with van der Waals surface area (Å²) < 4.78 is 5.43. The number of hydrogen-bond acceptors (Lipinski definition) is 6. The molecule has 0 spiro atoms. The van der Waals surface area contributed by atoms with Gasteiger partial charge in [-0.3, -0.25) is 14.6 Å². The van der Waals surface area contributed by atoms with Crippen LogP contribution in [0.25, 0.3) is 5.76 Å². The van der Waals surface area contributed by atoms with Gasteiger partial charge >= 0.3 is 0 Å². The number of carbonyl (C=O) groups excluding carboxylic acids is 2. The van der Waals surface area contributed by atoms with Crippen molar-refractivity contribution in [1.82, 2.24) is 9.88 Å². The van der Waals surface area contributed by atoms with Crippen molar-refractivity contribution < 1.29 is 24.5 Å². The molecule has 1 aliphatic rings. The highest BCUT2D eigenvalue weighted by molar-refractivity contribution is 6.46. The minimum absolute atomic E-state index is 0.00135. The maximum absolute atomic E-state index is 13.2. The zero-order valence-corrected chi connectivity index (χ0v) is 19.2. The predicted molar refractivity (Wildman–Crippen MR) is 127 cm³/mol. The van der Waals surface area contributed by atoms with Crippen molar-refractivity contribution in [2.45, 2.75) is 32.4 Å². The molecular formula is C27H26N2O5. The Morgan fingerprint density at radius 1 is 1.09 bits per heavy atom. The molecule has 1 amide bonds. The van der Waals surface area contributed by atoms with E-state index >= 15 is 0 Å². The lowest BCUT2D eigenvalue weighted by atomic mass is 9.93. The van der Waals surface area contributed by atoms with Crippen LogP contribution >= 0.6 is 0 Å². The number of phenolic OH excluding ortho intramolecular Hbond substituents is 1. The van der Waals surface area contributed by atoms with E-state index in [2.05, 4.69) is 4.98 Å². The molecule has 1 unspecified atom stereocenters. The van der Waals surface area contributed by atoms with E-state index in [1.807, 2.05) is 13.8 Å². The number of hydrogen-bond donors (Lipinski definition) is 2. The van der Waals surface area contributed by atoms with Gasteiger partial charge in [0.2, 0.25) is 0 Å². The number of aliphatic hydroxyl groups excluding tert-OH is 1. The van der Waals surface area contributed by atoms with Gasteiger partial charge < -0.3 is 19.8 Å². The summed E-state index contributed by atoms with van der Waals surface area (Å²) in [6.45, 7) is 4.15. The molecule has 2 N–H and O–H groups in total. The Morgan fingerprint density at radius 2 is 1.82 bits per heavy atom. The Morgan fingerprint density at radius 3 is 2.47 bits per heavy atom. The summed E-state index contributed by atoms with van der Waals surface area (Å²) in [5.41, 5.74) is 2.56. The number of amides is 1. The molecule has 1 aromatic heterocycles. The van der Waals surface area contributed by atoms with Gasteiger partial charge in [-0.1, -0.05) is 26.0 Å². The van der Waals surface area contributed by atoms with Gasteiger partial charge in [0, 0.05) is 24.5 Å². The van der Waals surface area contributed by atoms with E-state index in [0.29, 0.717) is 16.9 Å². The summed E-state index contributed by atoms with van der Waals surface area (Å²) in [4.78, 5) is 31.8. The van der Waals surface area contributed by atoms with Gasteiger partial charge in [-0.15, -0.1) is 0 Å². The molecule has 174 valence electrons. The summed E-state index contributed by atoms with van der Waals surface area (Å²) in [5, 5.41) is 21.4. The van der Waals surface area contributed by atoms with E-state index in [0.717, 1.165) is 11.1 Å². The molecule has 2 aromatic carbocycles. The molecule has 2 heterocycles. The number of ketones is 1. The van der Waals surface area contributed by atoms with Crippen molar-refractivity contribution in [2.24, 2.45) is 0 Å². The SMILES string of the molecule is COc1ccc(/C(O)=C2/C(=O)C(=O)N(Cc3ccncc3)C2c2cccc(O)c2)cc1C(C)C. The number of aromatic nitrogens is 1. The third-order valence-corrected chi connectivity index (χ3v) is 5.95. The molecule has 7 nitrogen and oxygen atoms in total. The first-order valence-electron chi connectivity index (χ1n) is 11.0. The number of carbonyl (C=O) groups is 2. The second kappa shape index (κ2) is 9.39. The maximum atomic E-state index is 13.2. The van der Waals surface area contributed by atoms with Crippen molar-refractivity contribution in [1.29, 1.82) is 0 Å². The van der Waals surface area contributed by atoms with Crippen LogP contribution in [0.3, 0.4) is 0 Å². The van der Waals surface area contributed by atoms with Gasteiger partial charge in [0.25, 0.3) is 11.7 Å². The van der Waals surface area contributed by atoms with E-state index in [1.54, 1.807) is 62.0 Å². The molecule has 0 saturated carbocycles. The Hall–Kier alpha value is -4.13. The third kappa shape index (κ3) is 4.24. The van der Waals surface area contributed by atoms with E-state index in [-0.39, 0.29) is 29.5 Å². The Kier molecular flexibility index (Phi) is 6.36. The van der Waals surface area contributed by atoms with Crippen molar-refractivity contribution in [3.63, 3.8) is 0 Å². The van der Waals surface area contributed by atoms with Gasteiger partial charge in [-0.05, 0) is 65.1 Å². The minimum atomic E-state index is -0.870. The normalized spacial score (nSPS) is 17.4. The maximum Gasteiger partial charge on any atom is 0.295 e. The zero-order valence-electron chi connectivity index (χ0n) is 19.2. The van der Waals surface area contributed by atoms with Crippen LogP contribution in [0.5, 0.6) is 11.5 Å². The molecule has 4 rings (SSSR count). The Labute approximate surface area is 198 Å². The predicted octanol–water partition coefficient (Wildman–Crippen LogP) is 4.54. The highest BCUT2D eigenvalue weighted by Crippen LogP contribution is 2.41. The van der Waals surface area contributed by atoms with Crippen LogP contribution in [-0.4, -0.2) is 38.9 Å². The van der Waals surface area contributed by atoms with Crippen LogP contribution in [0.4, 0.5) is 0 Å². The van der Waals surface area contributed by atoms with Crippen molar-refractivity contribution in [2.75, 3.05) is 7.11 Å². The van der Waals surface area contributed by atoms with E-state index < -0.39 is 17.7 Å². The minimum Gasteiger partial charge on any atom is -0.508 e. The number of aliphatic hydroxyl groups is 1. The Bertz CT molecular complexity index is 1270. The lowest BCUT2D eigenvalue weighted by Gasteiger charge is -2.25. The highest BCUT2D eigenvalue weighted by atomic mass is 16.5. The average Bonchev–Trinajstić information content (AvgIpc) is 3.08. The van der Waals surface area contributed by atoms with Crippen LogP contribution < -0.4 is 4.74 Å². The summed E-state index contributed by atoms with van der Waals surface area (Å²) in [6.07, 6.45) is 3.22. The molecular weight excluding hydrogens is 432 g/mol. The number of aromatic hydroxyl groups is 1. The van der Waals surface area contributed by atoms with Gasteiger partial charge in [0.15, 0.2) is 0 Å². The molecule has 3 aromatic rings. The van der Waals surface area contributed by atoms with Crippen molar-refractivity contribution >= 4 is 17.4 Å². The fourth-order valence-corrected chi connectivity index (χ4v) is 4.26. The number of rotatable bonds is 6. The lowest BCUT2D eigenvalue weighted by Crippen LogP contribution is -2.29. The molecule has 34 heavy (non-hydrogen) atoms. The largest absolute Gasteiger partial charge is 0.508 e. The topological polar surface area (TPSA) is 100.0 Å². The number of benzene rings is 2. The first kappa shape index (κ1) is 23.0. The fourth-order valence-electron chi connectivity index (χ4n) is 4.26. The third-order valence-electron chi connectivity index (χ3n) is 5.95. The molecule has 0 aliphatic carbocycles. The molecule has 1 atom stereocenters. The summed E-state index contributed by atoms with van der Waals surface area (Å²) in [6, 6.07) is 14.2. The molecule has 1 fully saturated rings. The lowest BCUT2D eigenvalue weighted by molar-refractivity contribution is -0.140. The zero-order chi connectivity index (χ0) is 24.4. The summed E-state index contributed by atoms with van der Waals surface area (Å²) in [5.74, 6) is -0.981. The number of likely N-dealkylation sites (tertiary alicyclic amines) is 1. The average molecular weight is 459 g/mol. The quantitative estimate of drug-likeness (QED) is 0.320. The van der Waals surface area contributed by atoms with Crippen LogP contribution in [-0.2, 0) is 16.1 Å². The van der Waals surface area contributed by atoms with Crippen molar-refractivity contribution in [3.8, 4) is 11.5 Å². The number of phenols is 1. The van der Waals surface area contributed by atoms with E-state index in [1.165, 1.54) is 17.0 Å². The number of methoxy groups -OCH3 is 1. The highest BCUT2D eigenvalue weighted by Gasteiger charge is 2.46. The molecule has 1 saturated heterocycles. The van der Waals surface area contributed by atoms with E-state index in [4.69, 9.17) is 4.74 Å². The number of pyridine rings is 1. The van der Waals surface area contributed by atoms with E-state index in [9.17, 15) is 19.8 Å². The number of ether oxygens (including phenoxy) is 1. The molecule has 1 aliphatic heterocycles. The van der Waals surface area contributed by atoms with Gasteiger partial charge in [-0.2, -0.15) is 0 Å². The molecule has 0 radical (unpaired) electrons. The standard InChI is InChI=1S/C27H26N2O5/c1-16(2)21-14-19(7-8-22(21)34-3)25(31)23-24(18-5-4-6-20(30)13-18)29(27(33)26(23)32)15-17-9-11-28-12-10-17/h4-14,16,24,30-31H,15H2,1-3H3/b25-23-. The van der Waals surface area contributed by atoms with Crippen molar-refractivity contribution in [3.05, 3.63) is 94.8 Å². The smallest absolute Gasteiger partial charge is 0.295 e. The fraction of sp³-hybridized carbons (Fsp3) is 0.222.